The Hall–Kier alpha value is -1.74. The fourth-order valence-corrected chi connectivity index (χ4v) is 5.35. The normalized spacial score (nSPS) is 20.6. The van der Waals surface area contributed by atoms with Crippen molar-refractivity contribution in [3.05, 3.63) is 40.3 Å². The molecular weight excluding hydrogens is 450 g/mol. The van der Waals surface area contributed by atoms with Gasteiger partial charge in [-0.1, -0.05) is 49.6 Å². The molecular formula is C23H32ClN3O4S. The minimum Gasteiger partial charge on any atom is -0.380 e. The lowest BCUT2D eigenvalue weighted by molar-refractivity contribution is -0.153. The first-order valence-electron chi connectivity index (χ1n) is 11.2. The molecule has 3 atom stereocenters. The predicted molar refractivity (Wildman–Crippen MR) is 129 cm³/mol. The highest BCUT2D eigenvalue weighted by molar-refractivity contribution is 8.03. The summed E-state index contributed by atoms with van der Waals surface area (Å²) in [5.41, 5.74) is 0.900. The highest BCUT2D eigenvalue weighted by Crippen LogP contribution is 2.31. The zero-order valence-corrected chi connectivity index (χ0v) is 19.9. The van der Waals surface area contributed by atoms with E-state index < -0.39 is 24.0 Å². The number of aliphatic hydroxyl groups is 2. The topological polar surface area (TPSA) is 93.1 Å². The van der Waals surface area contributed by atoms with E-state index in [1.54, 1.807) is 11.8 Å². The zero-order chi connectivity index (χ0) is 23.1. The maximum atomic E-state index is 12.6. The van der Waals surface area contributed by atoms with Crippen molar-refractivity contribution >= 4 is 40.9 Å². The van der Waals surface area contributed by atoms with Crippen molar-refractivity contribution in [3.63, 3.8) is 0 Å². The van der Waals surface area contributed by atoms with Crippen LogP contribution in [0.5, 0.6) is 0 Å². The number of para-hydroxylation sites is 1. The molecule has 2 aliphatic heterocycles. The van der Waals surface area contributed by atoms with Gasteiger partial charge in [-0.15, -0.1) is 11.8 Å². The highest BCUT2D eigenvalue weighted by atomic mass is 35.5. The van der Waals surface area contributed by atoms with Gasteiger partial charge >= 0.3 is 0 Å². The monoisotopic (exact) mass is 481 g/mol. The number of nitrogens with one attached hydrogen (secondary N) is 1. The van der Waals surface area contributed by atoms with Crippen LogP contribution in [0, 0.1) is 5.92 Å². The molecule has 1 unspecified atom stereocenters. The number of halogens is 1. The molecule has 3 N–H and O–H groups in total. The third-order valence-electron chi connectivity index (χ3n) is 5.87. The van der Waals surface area contributed by atoms with E-state index in [2.05, 4.69) is 23.2 Å². The van der Waals surface area contributed by atoms with E-state index in [0.717, 1.165) is 29.2 Å². The largest absolute Gasteiger partial charge is 0.380 e. The van der Waals surface area contributed by atoms with Gasteiger partial charge in [0.1, 0.15) is 0 Å². The second-order valence-electron chi connectivity index (χ2n) is 8.22. The second-order valence-corrected chi connectivity index (χ2v) is 9.77. The third kappa shape index (κ3) is 6.41. The van der Waals surface area contributed by atoms with Crippen molar-refractivity contribution in [2.45, 2.75) is 38.4 Å². The number of nitrogens with zero attached hydrogens (tertiary/aromatic N) is 2. The Morgan fingerprint density at radius 2 is 1.91 bits per heavy atom. The summed E-state index contributed by atoms with van der Waals surface area (Å²) >= 11 is 7.95. The van der Waals surface area contributed by atoms with Crippen molar-refractivity contribution in [2.24, 2.45) is 5.92 Å². The molecule has 2 heterocycles. The Morgan fingerprint density at radius 1 is 1.19 bits per heavy atom. The van der Waals surface area contributed by atoms with Crippen molar-refractivity contribution in [1.82, 2.24) is 10.2 Å². The number of allylic oxidation sites excluding steroid dienone is 1. The van der Waals surface area contributed by atoms with Crippen LogP contribution in [0.3, 0.4) is 0 Å². The van der Waals surface area contributed by atoms with Crippen LogP contribution in [-0.2, 0) is 9.59 Å². The molecule has 32 heavy (non-hydrogen) atoms. The molecule has 0 spiro atoms. The number of rotatable bonds is 9. The SMILES string of the molecule is CCCCC1C=C(CNC(=O)[C@H](O)[C@@H](O)C(=O)N2CCN(c3ccccc3Cl)CC2)SC1. The number of hydrogen-bond acceptors (Lipinski definition) is 6. The molecule has 1 aromatic rings. The standard InChI is InChI=1S/C23H32ClN3O4S/c1-2-3-6-16-13-17(32-15-16)14-25-22(30)20(28)21(29)23(31)27-11-9-26(10-12-27)19-8-5-4-7-18(19)24/h4-5,7-8,13,16,20-21,28-29H,2-3,6,9-12,14-15H2,1H3,(H,25,30)/t16?,20-,21-/m1/s1. The number of aliphatic hydroxyl groups excluding tert-OH is 2. The molecule has 1 aromatic carbocycles. The molecule has 0 aromatic heterocycles. The molecule has 0 aliphatic carbocycles. The maximum absolute atomic E-state index is 12.6. The number of anilines is 1. The third-order valence-corrected chi connectivity index (χ3v) is 7.44. The number of amides is 2. The second kappa shape index (κ2) is 11.9. The number of hydrogen-bond donors (Lipinski definition) is 3. The molecule has 1 fully saturated rings. The average Bonchev–Trinajstić information content (AvgIpc) is 3.28. The summed E-state index contributed by atoms with van der Waals surface area (Å²) in [7, 11) is 0. The van der Waals surface area contributed by atoms with Crippen LogP contribution < -0.4 is 10.2 Å². The summed E-state index contributed by atoms with van der Waals surface area (Å²) < 4.78 is 0. The summed E-state index contributed by atoms with van der Waals surface area (Å²) in [6, 6.07) is 7.51. The number of thioether (sulfide) groups is 1. The van der Waals surface area contributed by atoms with Crippen LogP contribution in [0.1, 0.15) is 26.2 Å². The fourth-order valence-electron chi connectivity index (χ4n) is 3.94. The lowest BCUT2D eigenvalue weighted by Crippen LogP contribution is -2.55. The first kappa shape index (κ1) is 24.9. The van der Waals surface area contributed by atoms with Gasteiger partial charge in [0.25, 0.3) is 11.8 Å². The van der Waals surface area contributed by atoms with Gasteiger partial charge in [0.2, 0.25) is 0 Å². The lowest BCUT2D eigenvalue weighted by atomic mass is 10.0. The lowest BCUT2D eigenvalue weighted by Gasteiger charge is -2.37. The Morgan fingerprint density at radius 3 is 2.59 bits per heavy atom. The Bertz CT molecular complexity index is 829. The van der Waals surface area contributed by atoms with E-state index in [1.807, 2.05) is 24.3 Å². The Labute approximate surface area is 198 Å². The number of carbonyl (C=O) groups is 2. The zero-order valence-electron chi connectivity index (χ0n) is 18.4. The smallest absolute Gasteiger partial charge is 0.254 e. The van der Waals surface area contributed by atoms with Crippen molar-refractivity contribution in [1.29, 1.82) is 0 Å². The first-order chi connectivity index (χ1) is 15.4. The Balaban J connectivity index is 1.45. The van der Waals surface area contributed by atoms with Gasteiger partial charge in [-0.3, -0.25) is 9.59 Å². The number of piperazine rings is 1. The molecule has 3 rings (SSSR count). The van der Waals surface area contributed by atoms with E-state index in [1.165, 1.54) is 11.3 Å². The Kier molecular flexibility index (Phi) is 9.28. The van der Waals surface area contributed by atoms with Crippen molar-refractivity contribution in [3.8, 4) is 0 Å². The summed E-state index contributed by atoms with van der Waals surface area (Å²) in [6.45, 7) is 4.32. The van der Waals surface area contributed by atoms with Crippen LogP contribution in [0.4, 0.5) is 5.69 Å². The van der Waals surface area contributed by atoms with Crippen LogP contribution >= 0.6 is 23.4 Å². The van der Waals surface area contributed by atoms with Gasteiger partial charge in [-0.25, -0.2) is 0 Å². The van der Waals surface area contributed by atoms with Gasteiger partial charge in [-0.05, 0) is 24.5 Å². The van der Waals surface area contributed by atoms with E-state index >= 15 is 0 Å². The predicted octanol–water partition coefficient (Wildman–Crippen LogP) is 2.26. The van der Waals surface area contributed by atoms with Gasteiger partial charge < -0.3 is 25.3 Å². The highest BCUT2D eigenvalue weighted by Gasteiger charge is 2.35. The molecule has 0 radical (unpaired) electrons. The van der Waals surface area contributed by atoms with Gasteiger partial charge in [0, 0.05) is 43.4 Å². The molecule has 0 bridgehead atoms. The molecule has 0 saturated carbocycles. The van der Waals surface area contributed by atoms with E-state index in [-0.39, 0.29) is 0 Å². The van der Waals surface area contributed by atoms with Crippen LogP contribution in [-0.4, -0.2) is 77.6 Å². The van der Waals surface area contributed by atoms with E-state index in [9.17, 15) is 19.8 Å². The fraction of sp³-hybridized carbons (Fsp3) is 0.565. The molecule has 2 amide bonds. The minimum absolute atomic E-state index is 0.306. The summed E-state index contributed by atoms with van der Waals surface area (Å²) in [6.07, 6.45) is 2.07. The van der Waals surface area contributed by atoms with Crippen LogP contribution in [0.25, 0.3) is 0 Å². The van der Waals surface area contributed by atoms with Gasteiger partial charge in [-0.2, -0.15) is 0 Å². The molecule has 9 heteroatoms. The van der Waals surface area contributed by atoms with E-state index in [4.69, 9.17) is 11.6 Å². The number of carbonyl (C=O) groups excluding carboxylic acids is 2. The molecule has 176 valence electrons. The summed E-state index contributed by atoms with van der Waals surface area (Å²) in [4.78, 5) is 29.5. The number of benzene rings is 1. The van der Waals surface area contributed by atoms with Crippen molar-refractivity contribution in [2.75, 3.05) is 43.4 Å². The van der Waals surface area contributed by atoms with E-state index in [0.29, 0.717) is 43.7 Å². The first-order valence-corrected chi connectivity index (χ1v) is 12.5. The van der Waals surface area contributed by atoms with Crippen LogP contribution in [0.2, 0.25) is 5.02 Å². The molecule has 7 nitrogen and oxygen atoms in total. The molecule has 1 saturated heterocycles. The summed E-state index contributed by atoms with van der Waals surface area (Å²) in [5, 5.41) is 23.8. The summed E-state index contributed by atoms with van der Waals surface area (Å²) in [5.74, 6) is 0.155. The quantitative estimate of drug-likeness (QED) is 0.501. The molecule has 2 aliphatic rings. The maximum Gasteiger partial charge on any atom is 0.254 e. The van der Waals surface area contributed by atoms with Crippen molar-refractivity contribution < 1.29 is 19.8 Å². The van der Waals surface area contributed by atoms with Gasteiger partial charge in [0.15, 0.2) is 12.2 Å². The minimum atomic E-state index is -1.80. The van der Waals surface area contributed by atoms with Gasteiger partial charge in [0.05, 0.1) is 10.7 Å². The van der Waals surface area contributed by atoms with Crippen LogP contribution in [0.15, 0.2) is 35.2 Å². The average molecular weight is 482 g/mol. The number of unbranched alkanes of at least 4 members (excludes halogenated alkanes) is 1.